The lowest BCUT2D eigenvalue weighted by Crippen LogP contribution is -2.28. The summed E-state index contributed by atoms with van der Waals surface area (Å²) in [5.41, 5.74) is 1.85. The number of carbonyl (C=O) groups excluding carboxylic acids is 1. The summed E-state index contributed by atoms with van der Waals surface area (Å²) in [6.45, 7) is 2.07. The van der Waals surface area contributed by atoms with Crippen LogP contribution >= 0.6 is 38.5 Å². The summed E-state index contributed by atoms with van der Waals surface area (Å²) in [5.74, 6) is -0.0234. The van der Waals surface area contributed by atoms with Crippen molar-refractivity contribution in [2.45, 2.75) is 19.4 Å². The van der Waals surface area contributed by atoms with E-state index in [1.165, 1.54) is 0 Å². The van der Waals surface area contributed by atoms with Crippen LogP contribution in [0.5, 0.6) is 0 Å². The minimum absolute atomic E-state index is 0.0234. The third-order valence-corrected chi connectivity index (χ3v) is 4.57. The second-order valence-corrected chi connectivity index (χ2v) is 6.54. The molecule has 0 radical (unpaired) electrons. The highest BCUT2D eigenvalue weighted by atomic mass is 127. The van der Waals surface area contributed by atoms with E-state index < -0.39 is 0 Å². The highest BCUT2D eigenvalue weighted by Crippen LogP contribution is 2.20. The molecule has 0 spiro atoms. The molecule has 4 heteroatoms. The summed E-state index contributed by atoms with van der Waals surface area (Å²) in [6.07, 6.45) is 0.858. The van der Waals surface area contributed by atoms with Crippen LogP contribution in [0.25, 0.3) is 0 Å². The first-order valence-corrected chi connectivity index (χ1v) is 8.30. The van der Waals surface area contributed by atoms with Crippen molar-refractivity contribution in [2.75, 3.05) is 0 Å². The van der Waals surface area contributed by atoms with E-state index in [9.17, 15) is 4.79 Å². The molecule has 104 valence electrons. The molecule has 0 aromatic heterocycles. The Balaban J connectivity index is 2.16. The van der Waals surface area contributed by atoms with Crippen molar-refractivity contribution in [1.82, 2.24) is 5.32 Å². The van der Waals surface area contributed by atoms with Gasteiger partial charge in [-0.2, -0.15) is 0 Å². The molecule has 2 nitrogen and oxygen atoms in total. The zero-order valence-corrected chi connectivity index (χ0v) is 14.8. The van der Waals surface area contributed by atoms with Gasteiger partial charge in [-0.3, -0.25) is 4.79 Å². The van der Waals surface area contributed by atoms with Crippen LogP contribution < -0.4 is 5.32 Å². The normalized spacial score (nSPS) is 11.9. The molecule has 0 aliphatic rings. The largest absolute Gasteiger partial charge is 0.345 e. The average molecular weight is 444 g/mol. The van der Waals surface area contributed by atoms with Crippen molar-refractivity contribution >= 4 is 44.4 Å². The summed E-state index contributed by atoms with van der Waals surface area (Å²) < 4.78 is 2.01. The Morgan fingerprint density at radius 2 is 1.85 bits per heavy atom. The standard InChI is InChI=1S/C16H15BrINO/c1-2-15(11-7-9-12(17)10-8-11)19-16(20)13-5-3-4-6-14(13)18/h3-10,15H,2H2,1H3,(H,19,20). The molecule has 0 fully saturated rings. The minimum Gasteiger partial charge on any atom is -0.345 e. The predicted octanol–water partition coefficient (Wildman–Crippen LogP) is 4.93. The van der Waals surface area contributed by atoms with Crippen LogP contribution in [0, 0.1) is 3.57 Å². The van der Waals surface area contributed by atoms with Gasteiger partial charge < -0.3 is 5.32 Å². The molecule has 0 bridgehead atoms. The molecule has 1 atom stereocenters. The van der Waals surface area contributed by atoms with Crippen LogP contribution in [0.4, 0.5) is 0 Å². The molecular weight excluding hydrogens is 429 g/mol. The number of halogens is 2. The van der Waals surface area contributed by atoms with Crippen LogP contribution in [0.15, 0.2) is 53.0 Å². The summed E-state index contributed by atoms with van der Waals surface area (Å²) in [5, 5.41) is 3.10. The monoisotopic (exact) mass is 443 g/mol. The van der Waals surface area contributed by atoms with Crippen molar-refractivity contribution in [1.29, 1.82) is 0 Å². The minimum atomic E-state index is -0.0234. The maximum Gasteiger partial charge on any atom is 0.252 e. The number of hydrogen-bond donors (Lipinski definition) is 1. The Bertz CT molecular complexity index is 598. The van der Waals surface area contributed by atoms with Gasteiger partial charge in [0.1, 0.15) is 0 Å². The Morgan fingerprint density at radius 3 is 2.45 bits per heavy atom. The van der Waals surface area contributed by atoms with Gasteiger partial charge in [0.15, 0.2) is 0 Å². The SMILES string of the molecule is CCC(NC(=O)c1ccccc1I)c1ccc(Br)cc1. The summed E-state index contributed by atoms with van der Waals surface area (Å²) in [6, 6.07) is 15.7. The van der Waals surface area contributed by atoms with Crippen molar-refractivity contribution in [2.24, 2.45) is 0 Å². The maximum absolute atomic E-state index is 12.3. The molecule has 2 rings (SSSR count). The molecule has 0 heterocycles. The summed E-state index contributed by atoms with van der Waals surface area (Å²) >= 11 is 5.61. The van der Waals surface area contributed by atoms with Gasteiger partial charge in [-0.05, 0) is 58.8 Å². The van der Waals surface area contributed by atoms with E-state index in [2.05, 4.69) is 50.8 Å². The lowest BCUT2D eigenvalue weighted by molar-refractivity contribution is 0.0934. The van der Waals surface area contributed by atoms with Crippen molar-refractivity contribution < 1.29 is 4.79 Å². The molecule has 0 aliphatic carbocycles. The van der Waals surface area contributed by atoms with Gasteiger partial charge in [0.05, 0.1) is 11.6 Å². The first-order valence-electron chi connectivity index (χ1n) is 6.42. The molecule has 1 unspecified atom stereocenters. The van der Waals surface area contributed by atoms with E-state index in [0.717, 1.165) is 25.6 Å². The van der Waals surface area contributed by atoms with Crippen LogP contribution in [-0.2, 0) is 0 Å². The van der Waals surface area contributed by atoms with Crippen molar-refractivity contribution in [3.8, 4) is 0 Å². The van der Waals surface area contributed by atoms with Gasteiger partial charge in [-0.15, -0.1) is 0 Å². The van der Waals surface area contributed by atoms with E-state index >= 15 is 0 Å². The fourth-order valence-corrected chi connectivity index (χ4v) is 2.89. The second kappa shape index (κ2) is 7.22. The number of amides is 1. The fourth-order valence-electron chi connectivity index (χ4n) is 2.00. The Hall–Kier alpha value is -0.880. The number of carbonyl (C=O) groups is 1. The van der Waals surface area contributed by atoms with Crippen molar-refractivity contribution in [3.63, 3.8) is 0 Å². The zero-order valence-electron chi connectivity index (χ0n) is 11.1. The van der Waals surface area contributed by atoms with E-state index in [1.54, 1.807) is 0 Å². The van der Waals surface area contributed by atoms with Gasteiger partial charge in [0.25, 0.3) is 5.91 Å². The van der Waals surface area contributed by atoms with Crippen LogP contribution in [-0.4, -0.2) is 5.91 Å². The second-order valence-electron chi connectivity index (χ2n) is 4.47. The van der Waals surface area contributed by atoms with Crippen LogP contribution in [0.2, 0.25) is 0 Å². The van der Waals surface area contributed by atoms with E-state index in [4.69, 9.17) is 0 Å². The predicted molar refractivity (Wildman–Crippen MR) is 93.8 cm³/mol. The van der Waals surface area contributed by atoms with Gasteiger partial charge in [-0.1, -0.05) is 47.1 Å². The van der Waals surface area contributed by atoms with Crippen LogP contribution in [0.3, 0.4) is 0 Å². The van der Waals surface area contributed by atoms with Crippen molar-refractivity contribution in [3.05, 3.63) is 67.7 Å². The topological polar surface area (TPSA) is 29.1 Å². The van der Waals surface area contributed by atoms with E-state index in [0.29, 0.717) is 0 Å². The fraction of sp³-hybridized carbons (Fsp3) is 0.188. The molecule has 20 heavy (non-hydrogen) atoms. The summed E-state index contributed by atoms with van der Waals surface area (Å²) in [7, 11) is 0. The number of benzene rings is 2. The first kappa shape index (κ1) is 15.5. The smallest absolute Gasteiger partial charge is 0.252 e. The highest BCUT2D eigenvalue weighted by molar-refractivity contribution is 14.1. The Morgan fingerprint density at radius 1 is 1.20 bits per heavy atom. The lowest BCUT2D eigenvalue weighted by atomic mass is 10.0. The Kier molecular flexibility index (Phi) is 5.60. The molecule has 2 aromatic carbocycles. The van der Waals surface area contributed by atoms with Gasteiger partial charge in [0, 0.05) is 8.04 Å². The molecular formula is C16H15BrINO. The first-order chi connectivity index (χ1) is 9.61. The lowest BCUT2D eigenvalue weighted by Gasteiger charge is -2.18. The molecule has 0 aliphatic heterocycles. The van der Waals surface area contributed by atoms with Crippen LogP contribution in [0.1, 0.15) is 35.3 Å². The molecule has 0 saturated carbocycles. The third-order valence-electron chi connectivity index (χ3n) is 3.10. The molecule has 1 amide bonds. The third kappa shape index (κ3) is 3.82. The number of hydrogen-bond acceptors (Lipinski definition) is 1. The average Bonchev–Trinajstić information content (AvgIpc) is 2.46. The van der Waals surface area contributed by atoms with Gasteiger partial charge in [-0.25, -0.2) is 0 Å². The highest BCUT2D eigenvalue weighted by Gasteiger charge is 2.15. The quantitative estimate of drug-likeness (QED) is 0.666. The number of rotatable bonds is 4. The van der Waals surface area contributed by atoms with E-state index in [1.807, 2.05) is 48.5 Å². The van der Waals surface area contributed by atoms with Gasteiger partial charge >= 0.3 is 0 Å². The molecule has 0 saturated heterocycles. The van der Waals surface area contributed by atoms with E-state index in [-0.39, 0.29) is 11.9 Å². The van der Waals surface area contributed by atoms with Gasteiger partial charge in [0.2, 0.25) is 0 Å². The molecule has 1 N–H and O–H groups in total. The Labute approximate surface area is 141 Å². The number of nitrogens with one attached hydrogen (secondary N) is 1. The zero-order chi connectivity index (χ0) is 14.5. The summed E-state index contributed by atoms with van der Waals surface area (Å²) in [4.78, 5) is 12.3. The maximum atomic E-state index is 12.3. The molecule has 2 aromatic rings.